The fourth-order valence-corrected chi connectivity index (χ4v) is 4.10. The van der Waals surface area contributed by atoms with Gasteiger partial charge in [0.05, 0.1) is 12.3 Å². The van der Waals surface area contributed by atoms with Crippen molar-refractivity contribution >= 4 is 45.6 Å². The first-order chi connectivity index (χ1) is 17.4. The summed E-state index contributed by atoms with van der Waals surface area (Å²) in [6.07, 6.45) is 0. The van der Waals surface area contributed by atoms with E-state index in [4.69, 9.17) is 17.0 Å². The third-order valence-electron chi connectivity index (χ3n) is 5.84. The molecule has 36 heavy (non-hydrogen) atoms. The third-order valence-corrected chi connectivity index (χ3v) is 6.04. The lowest BCUT2D eigenvalue weighted by molar-refractivity contribution is 0.0977. The van der Waals surface area contributed by atoms with Crippen molar-refractivity contribution in [2.24, 2.45) is 0 Å². The maximum absolute atomic E-state index is 12.6. The number of fused-ring (bicyclic) bond motifs is 1. The van der Waals surface area contributed by atoms with Crippen molar-refractivity contribution in [3.8, 4) is 11.4 Å². The van der Waals surface area contributed by atoms with Crippen molar-refractivity contribution in [2.45, 2.75) is 27.7 Å². The monoisotopic (exact) mass is 502 g/mol. The Bertz CT molecular complexity index is 1360. The predicted molar refractivity (Wildman–Crippen MR) is 148 cm³/mol. The van der Waals surface area contributed by atoms with Crippen LogP contribution in [-0.2, 0) is 0 Å². The average molecular weight is 503 g/mol. The van der Waals surface area contributed by atoms with E-state index in [0.717, 1.165) is 41.1 Å². The molecule has 1 amide bonds. The second kappa shape index (κ2) is 11.2. The van der Waals surface area contributed by atoms with E-state index in [1.54, 1.807) is 29.1 Å². The van der Waals surface area contributed by atoms with Crippen LogP contribution >= 0.6 is 12.2 Å². The quantitative estimate of drug-likeness (QED) is 0.324. The van der Waals surface area contributed by atoms with Crippen LogP contribution in [0.15, 0.2) is 60.7 Å². The third kappa shape index (κ3) is 5.63. The summed E-state index contributed by atoms with van der Waals surface area (Å²) in [5, 5.41) is 15.3. The molecule has 0 aliphatic heterocycles. The highest BCUT2D eigenvalue weighted by Crippen LogP contribution is 2.23. The first-order valence-corrected chi connectivity index (χ1v) is 12.4. The molecule has 9 heteroatoms. The van der Waals surface area contributed by atoms with Crippen molar-refractivity contribution in [3.63, 3.8) is 0 Å². The molecule has 1 heterocycles. The number of benzene rings is 3. The van der Waals surface area contributed by atoms with Crippen LogP contribution in [0.2, 0.25) is 0 Å². The minimum absolute atomic E-state index is 0.204. The Balaban J connectivity index is 1.47. The second-order valence-electron chi connectivity index (χ2n) is 8.20. The summed E-state index contributed by atoms with van der Waals surface area (Å²) in [5.74, 6) is 0.417. The maximum atomic E-state index is 12.6. The summed E-state index contributed by atoms with van der Waals surface area (Å²) >= 11 is 5.38. The number of nitrogens with one attached hydrogen (secondary N) is 2. The van der Waals surface area contributed by atoms with Crippen molar-refractivity contribution in [2.75, 3.05) is 29.9 Å². The molecule has 0 spiro atoms. The zero-order valence-corrected chi connectivity index (χ0v) is 21.7. The second-order valence-corrected chi connectivity index (χ2v) is 8.61. The van der Waals surface area contributed by atoms with Gasteiger partial charge in [0.1, 0.15) is 16.8 Å². The molecule has 0 saturated carbocycles. The Kier molecular flexibility index (Phi) is 7.80. The fourth-order valence-electron chi connectivity index (χ4n) is 3.90. The molecule has 0 unspecified atom stereocenters. The van der Waals surface area contributed by atoms with E-state index in [9.17, 15) is 4.79 Å². The number of hydrogen-bond donors (Lipinski definition) is 2. The molecule has 3 aromatic carbocycles. The molecule has 4 rings (SSSR count). The number of hydrogen-bond acceptors (Lipinski definition) is 6. The highest BCUT2D eigenvalue weighted by Gasteiger charge is 2.12. The van der Waals surface area contributed by atoms with Crippen molar-refractivity contribution in [1.29, 1.82) is 0 Å². The summed E-state index contributed by atoms with van der Waals surface area (Å²) in [6, 6.07) is 19.0. The van der Waals surface area contributed by atoms with Gasteiger partial charge in [-0.2, -0.15) is 4.80 Å². The van der Waals surface area contributed by atoms with Gasteiger partial charge in [-0.25, -0.2) is 0 Å². The van der Waals surface area contributed by atoms with Crippen molar-refractivity contribution in [3.05, 3.63) is 71.8 Å². The predicted octanol–water partition coefficient (Wildman–Crippen LogP) is 5.10. The molecule has 2 N–H and O–H groups in total. The molecule has 0 aliphatic carbocycles. The first kappa shape index (κ1) is 25.1. The van der Waals surface area contributed by atoms with Crippen LogP contribution in [0.4, 0.5) is 11.4 Å². The smallest absolute Gasteiger partial charge is 0.257 e. The summed E-state index contributed by atoms with van der Waals surface area (Å²) in [7, 11) is 0. The molecule has 0 atom stereocenters. The minimum Gasteiger partial charge on any atom is -0.494 e. The molecule has 0 radical (unpaired) electrons. The van der Waals surface area contributed by atoms with Gasteiger partial charge >= 0.3 is 0 Å². The van der Waals surface area contributed by atoms with Gasteiger partial charge in [0.2, 0.25) is 0 Å². The topological polar surface area (TPSA) is 84.3 Å². The van der Waals surface area contributed by atoms with Crippen LogP contribution in [-0.4, -0.2) is 45.7 Å². The SMILES string of the molecule is CCOc1ccc(C(=O)NC(=S)Nc2cc3nn(-c4ccc(N(CC)CC)cc4)nc3cc2C)cc1. The van der Waals surface area contributed by atoms with E-state index >= 15 is 0 Å². The van der Waals surface area contributed by atoms with Crippen LogP contribution in [0.1, 0.15) is 36.7 Å². The Hall–Kier alpha value is -3.98. The van der Waals surface area contributed by atoms with E-state index in [2.05, 4.69) is 51.7 Å². The number of nitrogens with zero attached hydrogens (tertiary/aromatic N) is 4. The van der Waals surface area contributed by atoms with Crippen LogP contribution < -0.4 is 20.3 Å². The molecule has 0 saturated heterocycles. The normalized spacial score (nSPS) is 10.8. The van der Waals surface area contributed by atoms with Crippen LogP contribution in [0.5, 0.6) is 5.75 Å². The minimum atomic E-state index is -0.298. The van der Waals surface area contributed by atoms with Gasteiger partial charge in [-0.3, -0.25) is 10.1 Å². The van der Waals surface area contributed by atoms with Crippen molar-refractivity contribution in [1.82, 2.24) is 20.3 Å². The zero-order chi connectivity index (χ0) is 25.7. The molecule has 186 valence electrons. The summed E-state index contributed by atoms with van der Waals surface area (Å²) in [5.41, 5.74) is 5.72. The zero-order valence-electron chi connectivity index (χ0n) is 20.9. The number of ether oxygens (including phenoxy) is 1. The standard InChI is InChI=1S/C27H30N6O2S/c1-5-32(6-2)20-10-12-21(13-11-20)33-30-24-16-18(4)23(17-25(24)31-33)28-27(36)29-26(34)19-8-14-22(15-9-19)35-7-3/h8-17H,5-7H2,1-4H3,(H2,28,29,34,36). The molecule has 8 nitrogen and oxygen atoms in total. The fraction of sp³-hybridized carbons (Fsp3) is 0.259. The van der Waals surface area contributed by atoms with E-state index in [1.807, 2.05) is 38.1 Å². The number of carbonyl (C=O) groups is 1. The van der Waals surface area contributed by atoms with Crippen LogP contribution in [0.25, 0.3) is 16.7 Å². The molecule has 0 bridgehead atoms. The highest BCUT2D eigenvalue weighted by atomic mass is 32.1. The molecular weight excluding hydrogens is 472 g/mol. The molecular formula is C27H30N6O2S. The lowest BCUT2D eigenvalue weighted by atomic mass is 10.2. The Morgan fingerprint density at radius 3 is 2.22 bits per heavy atom. The number of amides is 1. The van der Waals surface area contributed by atoms with E-state index < -0.39 is 0 Å². The first-order valence-electron chi connectivity index (χ1n) is 12.0. The molecule has 4 aromatic rings. The largest absolute Gasteiger partial charge is 0.494 e. The lowest BCUT2D eigenvalue weighted by Crippen LogP contribution is -2.34. The van der Waals surface area contributed by atoms with Crippen LogP contribution in [0.3, 0.4) is 0 Å². The molecule has 0 fully saturated rings. The van der Waals surface area contributed by atoms with Gasteiger partial charge in [0, 0.05) is 30.0 Å². The number of thiocarbonyl (C=S) groups is 1. The van der Waals surface area contributed by atoms with Gasteiger partial charge in [-0.15, -0.1) is 10.2 Å². The van der Waals surface area contributed by atoms with E-state index in [1.165, 1.54) is 5.69 Å². The number of aromatic nitrogens is 3. The summed E-state index contributed by atoms with van der Waals surface area (Å²) in [4.78, 5) is 16.5. The highest BCUT2D eigenvalue weighted by molar-refractivity contribution is 7.80. The average Bonchev–Trinajstić information content (AvgIpc) is 3.28. The van der Waals surface area contributed by atoms with E-state index in [0.29, 0.717) is 17.9 Å². The number of anilines is 2. The van der Waals surface area contributed by atoms with Crippen LogP contribution in [0, 0.1) is 6.92 Å². The molecule has 0 aliphatic rings. The Morgan fingerprint density at radius 1 is 0.972 bits per heavy atom. The lowest BCUT2D eigenvalue weighted by Gasteiger charge is -2.20. The van der Waals surface area contributed by atoms with Gasteiger partial charge in [-0.05, 0) is 106 Å². The van der Waals surface area contributed by atoms with Gasteiger partial charge in [-0.1, -0.05) is 0 Å². The summed E-state index contributed by atoms with van der Waals surface area (Å²) in [6.45, 7) is 10.6. The molecule has 1 aromatic heterocycles. The number of carbonyl (C=O) groups excluding carboxylic acids is 1. The van der Waals surface area contributed by atoms with Gasteiger partial charge < -0.3 is 15.0 Å². The maximum Gasteiger partial charge on any atom is 0.257 e. The number of rotatable bonds is 8. The van der Waals surface area contributed by atoms with Crippen molar-refractivity contribution < 1.29 is 9.53 Å². The van der Waals surface area contributed by atoms with Gasteiger partial charge in [0.15, 0.2) is 5.11 Å². The Morgan fingerprint density at radius 2 is 1.61 bits per heavy atom. The van der Waals surface area contributed by atoms with Gasteiger partial charge in [0.25, 0.3) is 5.91 Å². The van der Waals surface area contributed by atoms with E-state index in [-0.39, 0.29) is 11.0 Å². The number of aryl methyl sites for hydroxylation is 1. The Labute approximate surface area is 216 Å². The summed E-state index contributed by atoms with van der Waals surface area (Å²) < 4.78 is 5.42.